The van der Waals surface area contributed by atoms with Crippen LogP contribution < -0.4 is 9.47 Å². The van der Waals surface area contributed by atoms with E-state index in [0.29, 0.717) is 21.9 Å². The first kappa shape index (κ1) is 15.1. The summed E-state index contributed by atoms with van der Waals surface area (Å²) >= 11 is 4.90. The number of hydrogen-bond donors (Lipinski definition) is 0. The van der Waals surface area contributed by atoms with Crippen molar-refractivity contribution in [2.75, 3.05) is 14.2 Å². The zero-order valence-electron chi connectivity index (χ0n) is 11.5. The molecule has 2 rings (SSSR count). The average Bonchev–Trinajstić information content (AvgIpc) is 2.95. The van der Waals surface area contributed by atoms with Gasteiger partial charge >= 0.3 is 0 Å². The Hall–Kier alpha value is -1.33. The van der Waals surface area contributed by atoms with E-state index in [1.54, 1.807) is 26.4 Å². The third-order valence-electron chi connectivity index (χ3n) is 2.95. The molecule has 0 saturated heterocycles. The Labute approximate surface area is 130 Å². The van der Waals surface area contributed by atoms with Gasteiger partial charge in [0.2, 0.25) is 5.78 Å². The van der Waals surface area contributed by atoms with Crippen LogP contribution in [0, 0.1) is 0 Å². The second-order valence-corrected chi connectivity index (χ2v) is 6.16. The Morgan fingerprint density at radius 1 is 1.20 bits per heavy atom. The Morgan fingerprint density at radius 3 is 2.45 bits per heavy atom. The quantitative estimate of drug-likeness (QED) is 0.750. The number of rotatable bonds is 5. The lowest BCUT2D eigenvalue weighted by atomic mass is 10.1. The van der Waals surface area contributed by atoms with Gasteiger partial charge in [0.05, 0.1) is 29.1 Å². The largest absolute Gasteiger partial charge is 0.496 e. The Balaban J connectivity index is 2.47. The topological polar surface area (TPSA) is 35.5 Å². The lowest BCUT2D eigenvalue weighted by molar-refractivity contribution is 0.103. The Kier molecular flexibility index (Phi) is 4.83. The van der Waals surface area contributed by atoms with Gasteiger partial charge < -0.3 is 9.47 Å². The number of aryl methyl sites for hydroxylation is 1. The van der Waals surface area contributed by atoms with Crippen molar-refractivity contribution in [2.45, 2.75) is 13.3 Å². The van der Waals surface area contributed by atoms with Gasteiger partial charge in [0.25, 0.3) is 0 Å². The molecule has 0 atom stereocenters. The standard InChI is InChI=1S/C15H15BrO3S/c1-4-9-5-6-14(20-9)15(17)10-7-13(19-3)11(16)8-12(10)18-2/h5-8H,4H2,1-3H3. The monoisotopic (exact) mass is 354 g/mol. The fraction of sp³-hybridized carbons (Fsp3) is 0.267. The maximum absolute atomic E-state index is 12.6. The maximum Gasteiger partial charge on any atom is 0.206 e. The molecule has 0 aliphatic carbocycles. The van der Waals surface area contributed by atoms with Crippen LogP contribution in [0.5, 0.6) is 11.5 Å². The molecule has 0 aliphatic rings. The lowest BCUT2D eigenvalue weighted by Crippen LogP contribution is -2.03. The molecule has 0 spiro atoms. The Morgan fingerprint density at radius 2 is 1.90 bits per heavy atom. The summed E-state index contributed by atoms with van der Waals surface area (Å²) in [5, 5.41) is 0. The normalized spacial score (nSPS) is 10.4. The molecule has 0 bridgehead atoms. The summed E-state index contributed by atoms with van der Waals surface area (Å²) in [5.41, 5.74) is 0.511. The number of benzene rings is 1. The van der Waals surface area contributed by atoms with Crippen LogP contribution in [0.4, 0.5) is 0 Å². The molecule has 1 heterocycles. The van der Waals surface area contributed by atoms with Crippen LogP contribution in [-0.2, 0) is 6.42 Å². The summed E-state index contributed by atoms with van der Waals surface area (Å²) in [7, 11) is 3.12. The van der Waals surface area contributed by atoms with Crippen molar-refractivity contribution in [2.24, 2.45) is 0 Å². The first-order valence-electron chi connectivity index (χ1n) is 6.15. The van der Waals surface area contributed by atoms with Gasteiger partial charge in [-0.1, -0.05) is 6.92 Å². The zero-order valence-corrected chi connectivity index (χ0v) is 13.9. The van der Waals surface area contributed by atoms with E-state index in [1.165, 1.54) is 16.2 Å². The molecular formula is C15H15BrO3S. The molecule has 1 aromatic carbocycles. The van der Waals surface area contributed by atoms with Crippen LogP contribution in [0.15, 0.2) is 28.7 Å². The first-order chi connectivity index (χ1) is 9.60. The fourth-order valence-corrected chi connectivity index (χ4v) is 3.25. The van der Waals surface area contributed by atoms with E-state index in [2.05, 4.69) is 22.9 Å². The molecule has 3 nitrogen and oxygen atoms in total. The highest BCUT2D eigenvalue weighted by atomic mass is 79.9. The van der Waals surface area contributed by atoms with Gasteiger partial charge in [-0.05, 0) is 46.6 Å². The predicted molar refractivity (Wildman–Crippen MR) is 84.4 cm³/mol. The van der Waals surface area contributed by atoms with Crippen molar-refractivity contribution in [1.29, 1.82) is 0 Å². The van der Waals surface area contributed by atoms with Crippen LogP contribution in [-0.4, -0.2) is 20.0 Å². The number of methoxy groups -OCH3 is 2. The third-order valence-corrected chi connectivity index (χ3v) is 4.80. The van der Waals surface area contributed by atoms with Crippen molar-refractivity contribution in [3.05, 3.63) is 44.1 Å². The molecule has 20 heavy (non-hydrogen) atoms. The van der Waals surface area contributed by atoms with Crippen LogP contribution in [0.3, 0.4) is 0 Å². The van der Waals surface area contributed by atoms with Gasteiger partial charge in [-0.3, -0.25) is 4.79 Å². The highest BCUT2D eigenvalue weighted by Gasteiger charge is 2.19. The van der Waals surface area contributed by atoms with E-state index < -0.39 is 0 Å². The fourth-order valence-electron chi connectivity index (χ4n) is 1.86. The van der Waals surface area contributed by atoms with Crippen molar-refractivity contribution in [1.82, 2.24) is 0 Å². The summed E-state index contributed by atoms with van der Waals surface area (Å²) in [6.07, 6.45) is 0.929. The molecule has 1 aromatic heterocycles. The summed E-state index contributed by atoms with van der Waals surface area (Å²) in [5.74, 6) is 1.10. The van der Waals surface area contributed by atoms with E-state index in [-0.39, 0.29) is 5.78 Å². The Bertz CT molecular complexity index is 634. The predicted octanol–water partition coefficient (Wildman–Crippen LogP) is 4.32. The van der Waals surface area contributed by atoms with Crippen LogP contribution >= 0.6 is 27.3 Å². The molecule has 0 amide bonds. The molecular weight excluding hydrogens is 340 g/mol. The minimum absolute atomic E-state index is 0.0441. The lowest BCUT2D eigenvalue weighted by Gasteiger charge is -2.10. The zero-order chi connectivity index (χ0) is 14.7. The minimum Gasteiger partial charge on any atom is -0.496 e. The molecule has 2 aromatic rings. The van der Waals surface area contributed by atoms with Crippen molar-refractivity contribution in [3.63, 3.8) is 0 Å². The third kappa shape index (κ3) is 2.88. The smallest absolute Gasteiger partial charge is 0.206 e. The van der Waals surface area contributed by atoms with Crippen LogP contribution in [0.2, 0.25) is 0 Å². The van der Waals surface area contributed by atoms with Crippen molar-refractivity contribution >= 4 is 33.0 Å². The highest BCUT2D eigenvalue weighted by Crippen LogP contribution is 2.34. The highest BCUT2D eigenvalue weighted by molar-refractivity contribution is 9.10. The second-order valence-electron chi connectivity index (χ2n) is 4.14. The van der Waals surface area contributed by atoms with Crippen LogP contribution in [0.1, 0.15) is 27.0 Å². The number of ether oxygens (including phenoxy) is 2. The summed E-state index contributed by atoms with van der Waals surface area (Å²) in [4.78, 5) is 14.5. The molecule has 0 radical (unpaired) electrons. The SMILES string of the molecule is CCc1ccc(C(=O)c2cc(OC)c(Br)cc2OC)s1. The number of hydrogen-bond acceptors (Lipinski definition) is 4. The number of ketones is 1. The van der Waals surface area contributed by atoms with E-state index in [1.807, 2.05) is 12.1 Å². The number of carbonyl (C=O) groups is 1. The number of carbonyl (C=O) groups excluding carboxylic acids is 1. The minimum atomic E-state index is -0.0441. The van der Waals surface area contributed by atoms with E-state index in [0.717, 1.165) is 10.9 Å². The molecule has 0 N–H and O–H groups in total. The van der Waals surface area contributed by atoms with Crippen molar-refractivity contribution < 1.29 is 14.3 Å². The van der Waals surface area contributed by atoms with E-state index >= 15 is 0 Å². The average molecular weight is 355 g/mol. The van der Waals surface area contributed by atoms with E-state index in [9.17, 15) is 4.79 Å². The summed E-state index contributed by atoms with van der Waals surface area (Å²) in [6, 6.07) is 7.30. The van der Waals surface area contributed by atoms with Crippen LogP contribution in [0.25, 0.3) is 0 Å². The molecule has 0 aliphatic heterocycles. The van der Waals surface area contributed by atoms with Crippen molar-refractivity contribution in [3.8, 4) is 11.5 Å². The molecule has 0 unspecified atom stereocenters. The first-order valence-corrected chi connectivity index (χ1v) is 7.76. The molecule has 106 valence electrons. The number of thiophene rings is 1. The van der Waals surface area contributed by atoms with Gasteiger partial charge in [-0.25, -0.2) is 0 Å². The van der Waals surface area contributed by atoms with Gasteiger partial charge in [0.15, 0.2) is 0 Å². The maximum atomic E-state index is 12.6. The van der Waals surface area contributed by atoms with Gasteiger partial charge in [0.1, 0.15) is 11.5 Å². The van der Waals surface area contributed by atoms with E-state index in [4.69, 9.17) is 9.47 Å². The van der Waals surface area contributed by atoms with Gasteiger partial charge in [-0.15, -0.1) is 11.3 Å². The summed E-state index contributed by atoms with van der Waals surface area (Å²) < 4.78 is 11.3. The molecule has 0 fully saturated rings. The van der Waals surface area contributed by atoms with Gasteiger partial charge in [-0.2, -0.15) is 0 Å². The second kappa shape index (κ2) is 6.41. The summed E-state index contributed by atoms with van der Waals surface area (Å²) in [6.45, 7) is 2.07. The number of halogens is 1. The molecule has 5 heteroatoms. The van der Waals surface area contributed by atoms with Gasteiger partial charge in [0, 0.05) is 4.88 Å². The molecule has 0 saturated carbocycles.